The quantitative estimate of drug-likeness (QED) is 0.125. The van der Waals surface area contributed by atoms with E-state index in [9.17, 15) is 15.4 Å². The molecule has 0 unspecified atom stereocenters. The molecule has 1 heterocycles. The van der Waals surface area contributed by atoms with Gasteiger partial charge < -0.3 is 14.8 Å². The van der Waals surface area contributed by atoms with Crippen molar-refractivity contribution in [2.45, 2.75) is 19.9 Å². The van der Waals surface area contributed by atoms with Crippen molar-refractivity contribution in [1.82, 2.24) is 9.97 Å². The summed E-state index contributed by atoms with van der Waals surface area (Å²) in [7, 11) is 0. The largest absolute Gasteiger partial charge is 0.432 e. The molecule has 0 radical (unpaired) electrons. The Morgan fingerprint density at radius 1 is 1.05 bits per heavy atom. The highest BCUT2D eigenvalue weighted by Gasteiger charge is 2.28. The van der Waals surface area contributed by atoms with E-state index < -0.39 is 16.5 Å². The van der Waals surface area contributed by atoms with Crippen LogP contribution in [0.2, 0.25) is 5.02 Å². The van der Waals surface area contributed by atoms with E-state index in [1.54, 1.807) is 12.1 Å². The van der Waals surface area contributed by atoms with Crippen LogP contribution in [0.3, 0.4) is 0 Å². The summed E-state index contributed by atoms with van der Waals surface area (Å²) < 4.78 is 11.7. The van der Waals surface area contributed by atoms with E-state index in [0.717, 1.165) is 16.7 Å². The molecule has 0 aliphatic heterocycles. The number of rotatable bonds is 10. The second-order valence-corrected chi connectivity index (χ2v) is 8.94. The highest BCUT2D eigenvalue weighted by Crippen LogP contribution is 2.39. The molecular formula is C27H21Cl2N5O4. The lowest BCUT2D eigenvalue weighted by molar-refractivity contribution is -0.385. The van der Waals surface area contributed by atoms with Gasteiger partial charge in [-0.1, -0.05) is 48.0 Å². The van der Waals surface area contributed by atoms with Crippen LogP contribution in [0.25, 0.3) is 0 Å². The maximum atomic E-state index is 12.1. The van der Waals surface area contributed by atoms with Crippen LogP contribution in [0.15, 0.2) is 66.7 Å². The van der Waals surface area contributed by atoms with Crippen LogP contribution in [0.1, 0.15) is 22.3 Å². The monoisotopic (exact) mass is 549 g/mol. The van der Waals surface area contributed by atoms with Crippen molar-refractivity contribution in [2.75, 3.05) is 11.2 Å². The minimum Gasteiger partial charge on any atom is -0.432 e. The van der Waals surface area contributed by atoms with Crippen LogP contribution in [0.4, 0.5) is 11.5 Å². The number of halogens is 2. The Morgan fingerprint density at radius 3 is 2.55 bits per heavy atom. The summed E-state index contributed by atoms with van der Waals surface area (Å²) in [6.07, 6.45) is 0.632. The van der Waals surface area contributed by atoms with Crippen LogP contribution in [-0.4, -0.2) is 20.8 Å². The number of ether oxygens (including phenoxy) is 2. The van der Waals surface area contributed by atoms with E-state index >= 15 is 0 Å². The third kappa shape index (κ3) is 6.68. The number of aromatic nitrogens is 2. The van der Waals surface area contributed by atoms with Gasteiger partial charge in [0.15, 0.2) is 0 Å². The number of nitro groups is 1. The van der Waals surface area contributed by atoms with Crippen molar-refractivity contribution in [3.8, 4) is 29.5 Å². The van der Waals surface area contributed by atoms with Gasteiger partial charge in [-0.15, -0.1) is 11.6 Å². The molecule has 0 amide bonds. The number of benzene rings is 3. The molecule has 3 aromatic carbocycles. The molecule has 0 aliphatic carbocycles. The number of anilines is 1. The Morgan fingerprint density at radius 2 is 1.84 bits per heavy atom. The first-order valence-corrected chi connectivity index (χ1v) is 12.3. The molecule has 192 valence electrons. The molecule has 4 aromatic rings. The van der Waals surface area contributed by atoms with Gasteiger partial charge in [-0.05, 0) is 54.3 Å². The van der Waals surface area contributed by atoms with Crippen molar-refractivity contribution in [3.05, 3.63) is 104 Å². The summed E-state index contributed by atoms with van der Waals surface area (Å²) in [5.41, 5.74) is 2.50. The molecule has 0 fully saturated rings. The van der Waals surface area contributed by atoms with Crippen molar-refractivity contribution in [1.29, 1.82) is 5.26 Å². The first-order chi connectivity index (χ1) is 18.4. The molecule has 1 aromatic heterocycles. The second kappa shape index (κ2) is 12.2. The van der Waals surface area contributed by atoms with Gasteiger partial charge in [-0.25, -0.2) is 0 Å². The number of nitrogens with one attached hydrogen (secondary N) is 1. The molecule has 4 rings (SSSR count). The molecule has 0 saturated heterocycles. The SMILES string of the molecule is Cc1cc(CCCl)cc(Oc2nc(NCc3ccccc3)c([N+](=O)[O-])c(Oc3cc(C#N)ccc3Cl)n2)c1. The molecule has 0 aliphatic rings. The summed E-state index contributed by atoms with van der Waals surface area (Å²) in [5.74, 6) is 0.377. The van der Waals surface area contributed by atoms with Gasteiger partial charge in [0.05, 0.1) is 21.6 Å². The highest BCUT2D eigenvalue weighted by molar-refractivity contribution is 6.32. The number of aryl methyl sites for hydroxylation is 2. The summed E-state index contributed by atoms with van der Waals surface area (Å²) in [6.45, 7) is 2.15. The Balaban J connectivity index is 1.79. The third-order valence-electron chi connectivity index (χ3n) is 5.29. The zero-order valence-corrected chi connectivity index (χ0v) is 21.7. The number of nitrogens with zero attached hydrogens (tertiary/aromatic N) is 4. The molecule has 0 saturated carbocycles. The number of hydrogen-bond acceptors (Lipinski definition) is 8. The van der Waals surface area contributed by atoms with Gasteiger partial charge in [0.2, 0.25) is 5.82 Å². The summed E-state index contributed by atoms with van der Waals surface area (Å²) in [5, 5.41) is 24.5. The lowest BCUT2D eigenvalue weighted by atomic mass is 10.1. The predicted molar refractivity (Wildman–Crippen MR) is 144 cm³/mol. The van der Waals surface area contributed by atoms with Crippen molar-refractivity contribution < 1.29 is 14.4 Å². The van der Waals surface area contributed by atoms with Crippen LogP contribution >= 0.6 is 23.2 Å². The van der Waals surface area contributed by atoms with Gasteiger partial charge in [0, 0.05) is 18.5 Å². The van der Waals surface area contributed by atoms with E-state index in [2.05, 4.69) is 15.3 Å². The first-order valence-electron chi connectivity index (χ1n) is 11.4. The average molecular weight is 550 g/mol. The van der Waals surface area contributed by atoms with E-state index in [0.29, 0.717) is 18.1 Å². The predicted octanol–water partition coefficient (Wildman–Crippen LogP) is 7.20. The fraction of sp³-hybridized carbons (Fsp3) is 0.148. The lowest BCUT2D eigenvalue weighted by Gasteiger charge is -2.13. The van der Waals surface area contributed by atoms with E-state index in [4.69, 9.17) is 32.7 Å². The number of nitriles is 1. The van der Waals surface area contributed by atoms with E-state index in [1.165, 1.54) is 18.2 Å². The summed E-state index contributed by atoms with van der Waals surface area (Å²) in [6, 6.07) is 21.0. The molecule has 0 bridgehead atoms. The maximum Gasteiger partial charge on any atom is 0.373 e. The van der Waals surface area contributed by atoms with Crippen molar-refractivity contribution in [2.24, 2.45) is 0 Å². The van der Waals surface area contributed by atoms with Crippen LogP contribution < -0.4 is 14.8 Å². The first kappa shape index (κ1) is 26.7. The van der Waals surface area contributed by atoms with Crippen molar-refractivity contribution in [3.63, 3.8) is 0 Å². The van der Waals surface area contributed by atoms with Gasteiger partial charge in [-0.3, -0.25) is 10.1 Å². The van der Waals surface area contributed by atoms with Crippen LogP contribution in [0, 0.1) is 28.4 Å². The van der Waals surface area contributed by atoms with Gasteiger partial charge in [-0.2, -0.15) is 15.2 Å². The number of alkyl halides is 1. The Hall–Kier alpha value is -4.39. The minimum atomic E-state index is -0.653. The zero-order valence-electron chi connectivity index (χ0n) is 20.1. The van der Waals surface area contributed by atoms with Gasteiger partial charge in [0.25, 0.3) is 0 Å². The molecule has 0 atom stereocenters. The molecule has 1 N–H and O–H groups in total. The normalized spacial score (nSPS) is 10.5. The Bertz CT molecular complexity index is 1510. The van der Waals surface area contributed by atoms with Crippen LogP contribution in [0.5, 0.6) is 23.4 Å². The Kier molecular flexibility index (Phi) is 8.58. The van der Waals surface area contributed by atoms with Gasteiger partial charge in [0.1, 0.15) is 11.5 Å². The molecule has 11 heteroatoms. The smallest absolute Gasteiger partial charge is 0.373 e. The molecular weight excluding hydrogens is 529 g/mol. The highest BCUT2D eigenvalue weighted by atomic mass is 35.5. The standard InChI is InChI=1S/C27H21Cl2N5O4/c1-17-11-19(9-10-28)13-21(12-17)37-27-32-25(31-16-18-5-3-2-4-6-18)24(34(35)36)26(33-27)38-23-14-20(15-30)7-8-22(23)29/h2-8,11-14H,9-10,16H2,1H3,(H,31,32,33). The minimum absolute atomic E-state index is 0.0208. The van der Waals surface area contributed by atoms with E-state index in [1.807, 2.05) is 49.4 Å². The third-order valence-corrected chi connectivity index (χ3v) is 5.79. The topological polar surface area (TPSA) is 123 Å². The zero-order chi connectivity index (χ0) is 27.1. The molecule has 38 heavy (non-hydrogen) atoms. The fourth-order valence-electron chi connectivity index (χ4n) is 3.60. The molecule has 9 nitrogen and oxygen atoms in total. The van der Waals surface area contributed by atoms with Crippen molar-refractivity contribution >= 4 is 34.7 Å². The fourth-order valence-corrected chi connectivity index (χ4v) is 3.97. The Labute approximate surface area is 228 Å². The second-order valence-electron chi connectivity index (χ2n) is 8.16. The summed E-state index contributed by atoms with van der Waals surface area (Å²) >= 11 is 12.1. The lowest BCUT2D eigenvalue weighted by Crippen LogP contribution is -2.09. The molecule has 0 spiro atoms. The maximum absolute atomic E-state index is 12.1. The van der Waals surface area contributed by atoms with Crippen LogP contribution in [-0.2, 0) is 13.0 Å². The average Bonchev–Trinajstić information content (AvgIpc) is 2.89. The number of hydrogen-bond donors (Lipinski definition) is 1. The van der Waals surface area contributed by atoms with Gasteiger partial charge >= 0.3 is 17.6 Å². The van der Waals surface area contributed by atoms with E-state index in [-0.39, 0.29) is 34.7 Å². The summed E-state index contributed by atoms with van der Waals surface area (Å²) in [4.78, 5) is 20.0.